The van der Waals surface area contributed by atoms with Crippen LogP contribution in [-0.2, 0) is 0 Å². The average molecular weight is 313 g/mol. The summed E-state index contributed by atoms with van der Waals surface area (Å²) in [6.45, 7) is 8.30. The van der Waals surface area contributed by atoms with Crippen molar-refractivity contribution in [2.45, 2.75) is 40.2 Å². The number of nitrogens with zero attached hydrogens (tertiary/aromatic N) is 1. The number of rotatable bonds is 4. The van der Waals surface area contributed by atoms with Crippen LogP contribution >= 0.6 is 15.9 Å². The molecule has 1 aromatic rings. The summed E-state index contributed by atoms with van der Waals surface area (Å²) in [6.07, 6.45) is 2.58. The van der Waals surface area contributed by atoms with Gasteiger partial charge in [-0.3, -0.25) is 9.78 Å². The van der Waals surface area contributed by atoms with Gasteiger partial charge in [0.2, 0.25) is 0 Å². The largest absolute Gasteiger partial charge is 0.349 e. The van der Waals surface area contributed by atoms with E-state index >= 15 is 0 Å². The van der Waals surface area contributed by atoms with Crippen LogP contribution in [0.25, 0.3) is 0 Å². The zero-order valence-electron chi connectivity index (χ0n) is 11.5. The van der Waals surface area contributed by atoms with E-state index in [4.69, 9.17) is 0 Å². The molecule has 1 aromatic heterocycles. The summed E-state index contributed by atoms with van der Waals surface area (Å²) in [5.74, 6) is -0.0265. The molecule has 0 bridgehead atoms. The summed E-state index contributed by atoms with van der Waals surface area (Å²) in [6, 6.07) is 3.71. The summed E-state index contributed by atoms with van der Waals surface area (Å²) < 4.78 is 0. The number of pyridine rings is 1. The third-order valence-electron chi connectivity index (χ3n) is 2.91. The van der Waals surface area contributed by atoms with Crippen LogP contribution in [-0.4, -0.2) is 22.3 Å². The molecule has 0 spiro atoms. The fraction of sp³-hybridized carbons (Fsp3) is 0.571. The molecule has 1 rings (SSSR count). The summed E-state index contributed by atoms with van der Waals surface area (Å²) in [7, 11) is 0. The first-order valence-electron chi connectivity index (χ1n) is 6.14. The standard InChI is InChI=1S/C14H21BrN2O/c1-10-9-11(6-8-16-10)13(18)17-12(5-7-15)14(2,3)4/h6,8-9,12H,5,7H2,1-4H3,(H,17,18). The Balaban J connectivity index is 2.79. The van der Waals surface area contributed by atoms with E-state index in [0.717, 1.165) is 17.4 Å². The van der Waals surface area contributed by atoms with Crippen molar-refractivity contribution in [3.05, 3.63) is 29.6 Å². The molecule has 1 atom stereocenters. The highest BCUT2D eigenvalue weighted by Crippen LogP contribution is 2.22. The summed E-state index contributed by atoms with van der Waals surface area (Å²) >= 11 is 3.44. The Morgan fingerprint density at radius 2 is 2.17 bits per heavy atom. The van der Waals surface area contributed by atoms with Crippen LogP contribution in [0, 0.1) is 12.3 Å². The summed E-state index contributed by atoms with van der Waals surface area (Å²) in [5.41, 5.74) is 1.58. The number of carbonyl (C=O) groups is 1. The SMILES string of the molecule is Cc1cc(C(=O)NC(CCBr)C(C)(C)C)ccn1. The molecule has 0 aromatic carbocycles. The molecule has 18 heavy (non-hydrogen) atoms. The molecular formula is C14H21BrN2O. The van der Waals surface area contributed by atoms with Crippen LogP contribution < -0.4 is 5.32 Å². The molecule has 0 saturated carbocycles. The van der Waals surface area contributed by atoms with E-state index in [9.17, 15) is 4.79 Å². The second-order valence-corrected chi connectivity index (χ2v) is 6.35. The minimum absolute atomic E-state index is 0.0265. The lowest BCUT2D eigenvalue weighted by atomic mass is 9.85. The lowest BCUT2D eigenvalue weighted by molar-refractivity contribution is 0.0900. The van der Waals surface area contributed by atoms with Crippen molar-refractivity contribution in [3.8, 4) is 0 Å². The number of nitrogens with one attached hydrogen (secondary N) is 1. The Hall–Kier alpha value is -0.900. The highest BCUT2D eigenvalue weighted by atomic mass is 79.9. The first-order chi connectivity index (χ1) is 8.34. The molecule has 0 saturated heterocycles. The third kappa shape index (κ3) is 4.41. The van der Waals surface area contributed by atoms with Gasteiger partial charge in [0.15, 0.2) is 0 Å². The maximum Gasteiger partial charge on any atom is 0.251 e. The maximum atomic E-state index is 12.2. The lowest BCUT2D eigenvalue weighted by Crippen LogP contribution is -2.44. The van der Waals surface area contributed by atoms with Crippen molar-refractivity contribution in [2.75, 3.05) is 5.33 Å². The van der Waals surface area contributed by atoms with Gasteiger partial charge in [-0.25, -0.2) is 0 Å². The van der Waals surface area contributed by atoms with Crippen molar-refractivity contribution in [1.29, 1.82) is 0 Å². The van der Waals surface area contributed by atoms with Crippen molar-refractivity contribution in [1.82, 2.24) is 10.3 Å². The molecular weight excluding hydrogens is 292 g/mol. The van der Waals surface area contributed by atoms with Gasteiger partial charge in [0, 0.05) is 28.8 Å². The van der Waals surface area contributed by atoms with Crippen LogP contribution in [0.5, 0.6) is 0 Å². The van der Waals surface area contributed by atoms with Gasteiger partial charge >= 0.3 is 0 Å². The van der Waals surface area contributed by atoms with E-state index in [1.165, 1.54) is 0 Å². The van der Waals surface area contributed by atoms with Crippen LogP contribution in [0.3, 0.4) is 0 Å². The molecule has 0 aliphatic heterocycles. The number of alkyl halides is 1. The van der Waals surface area contributed by atoms with E-state index in [-0.39, 0.29) is 17.4 Å². The Morgan fingerprint density at radius 1 is 1.50 bits per heavy atom. The fourth-order valence-corrected chi connectivity index (χ4v) is 2.22. The number of amides is 1. The van der Waals surface area contributed by atoms with Gasteiger partial charge in [0.25, 0.3) is 5.91 Å². The number of carbonyl (C=O) groups excluding carboxylic acids is 1. The normalized spacial score (nSPS) is 13.2. The predicted molar refractivity (Wildman–Crippen MR) is 78.1 cm³/mol. The van der Waals surface area contributed by atoms with Crippen molar-refractivity contribution in [2.24, 2.45) is 5.41 Å². The molecule has 1 N–H and O–H groups in total. The van der Waals surface area contributed by atoms with Crippen LogP contribution in [0.4, 0.5) is 0 Å². The molecule has 3 nitrogen and oxygen atoms in total. The predicted octanol–water partition coefficient (Wildman–Crippen LogP) is 3.32. The zero-order valence-corrected chi connectivity index (χ0v) is 13.0. The van der Waals surface area contributed by atoms with E-state index in [1.807, 2.05) is 13.0 Å². The van der Waals surface area contributed by atoms with Crippen LogP contribution in [0.1, 0.15) is 43.2 Å². The quantitative estimate of drug-likeness (QED) is 0.867. The molecule has 0 radical (unpaired) electrons. The van der Waals surface area contributed by atoms with Gasteiger partial charge < -0.3 is 5.32 Å². The topological polar surface area (TPSA) is 42.0 Å². The van der Waals surface area contributed by atoms with Gasteiger partial charge in [-0.05, 0) is 30.9 Å². The maximum absolute atomic E-state index is 12.2. The molecule has 1 unspecified atom stereocenters. The van der Waals surface area contributed by atoms with Gasteiger partial charge in [0.1, 0.15) is 0 Å². The highest BCUT2D eigenvalue weighted by Gasteiger charge is 2.25. The highest BCUT2D eigenvalue weighted by molar-refractivity contribution is 9.09. The van der Waals surface area contributed by atoms with Gasteiger partial charge in [-0.1, -0.05) is 36.7 Å². The molecule has 0 fully saturated rings. The molecule has 0 aliphatic rings. The number of hydrogen-bond donors (Lipinski definition) is 1. The van der Waals surface area contributed by atoms with Crippen LogP contribution in [0.15, 0.2) is 18.3 Å². The zero-order chi connectivity index (χ0) is 13.8. The minimum Gasteiger partial charge on any atom is -0.349 e. The Kier molecular flexibility index (Phi) is 5.32. The molecule has 1 heterocycles. The van der Waals surface area contributed by atoms with Crippen molar-refractivity contribution >= 4 is 21.8 Å². The fourth-order valence-electron chi connectivity index (χ4n) is 1.76. The lowest BCUT2D eigenvalue weighted by Gasteiger charge is -2.31. The van der Waals surface area contributed by atoms with E-state index in [0.29, 0.717) is 5.56 Å². The number of hydrogen-bond acceptors (Lipinski definition) is 2. The monoisotopic (exact) mass is 312 g/mol. The van der Waals surface area contributed by atoms with E-state index in [2.05, 4.69) is 47.0 Å². The Morgan fingerprint density at radius 3 is 2.67 bits per heavy atom. The Labute approximate surface area is 118 Å². The second kappa shape index (κ2) is 6.32. The molecule has 1 amide bonds. The van der Waals surface area contributed by atoms with E-state index < -0.39 is 0 Å². The second-order valence-electron chi connectivity index (χ2n) is 5.56. The molecule has 100 valence electrons. The van der Waals surface area contributed by atoms with Crippen LogP contribution in [0.2, 0.25) is 0 Å². The number of aryl methyl sites for hydroxylation is 1. The molecule has 4 heteroatoms. The Bertz CT molecular complexity index is 413. The van der Waals surface area contributed by atoms with Gasteiger partial charge in [0.05, 0.1) is 0 Å². The van der Waals surface area contributed by atoms with Crippen molar-refractivity contribution in [3.63, 3.8) is 0 Å². The average Bonchev–Trinajstić information content (AvgIpc) is 2.27. The number of halogens is 1. The first kappa shape index (κ1) is 15.2. The summed E-state index contributed by atoms with van der Waals surface area (Å²) in [5, 5.41) is 3.98. The minimum atomic E-state index is -0.0265. The van der Waals surface area contributed by atoms with Gasteiger partial charge in [-0.15, -0.1) is 0 Å². The number of aromatic nitrogens is 1. The molecule has 0 aliphatic carbocycles. The summed E-state index contributed by atoms with van der Waals surface area (Å²) in [4.78, 5) is 16.3. The first-order valence-corrected chi connectivity index (χ1v) is 7.26. The van der Waals surface area contributed by atoms with Crippen molar-refractivity contribution < 1.29 is 4.79 Å². The smallest absolute Gasteiger partial charge is 0.251 e. The van der Waals surface area contributed by atoms with E-state index in [1.54, 1.807) is 12.3 Å². The third-order valence-corrected chi connectivity index (χ3v) is 3.37. The van der Waals surface area contributed by atoms with Gasteiger partial charge in [-0.2, -0.15) is 0 Å².